The molecule has 53 heavy (non-hydrogen) atoms. The first-order chi connectivity index (χ1) is 25.7. The molecule has 5 aromatic rings. The Labute approximate surface area is 306 Å². The third kappa shape index (κ3) is 7.55. The number of imidazole rings is 2. The molecule has 13 nitrogen and oxygen atoms in total. The van der Waals surface area contributed by atoms with E-state index in [1.807, 2.05) is 30.3 Å². The number of hydrogen-bond donors (Lipinski definition) is 5. The van der Waals surface area contributed by atoms with Crippen molar-refractivity contribution in [3.8, 4) is 33.6 Å². The average Bonchev–Trinajstić information content (AvgIpc) is 4.00. The highest BCUT2D eigenvalue weighted by Gasteiger charge is 2.37. The summed E-state index contributed by atoms with van der Waals surface area (Å²) in [5.74, 6) is 0.760. The summed E-state index contributed by atoms with van der Waals surface area (Å²) >= 11 is 0. The Hall–Kier alpha value is -6.24. The fourth-order valence-electron chi connectivity index (χ4n) is 7.46. The number of nitrogens with zero attached hydrogens (tertiary/aromatic N) is 4. The van der Waals surface area contributed by atoms with Crippen molar-refractivity contribution < 1.29 is 24.3 Å². The van der Waals surface area contributed by atoms with Gasteiger partial charge >= 0.3 is 6.09 Å². The van der Waals surface area contributed by atoms with E-state index in [4.69, 9.17) is 0 Å². The molecule has 5 N–H and O–H groups in total. The second-order valence-corrected chi connectivity index (χ2v) is 13.6. The molecule has 4 heterocycles. The van der Waals surface area contributed by atoms with Crippen molar-refractivity contribution in [2.45, 2.75) is 63.7 Å². The minimum absolute atomic E-state index is 0.110. The summed E-state index contributed by atoms with van der Waals surface area (Å²) in [7, 11) is 0. The molecule has 4 atom stereocenters. The largest absolute Gasteiger partial charge is 0.465 e. The van der Waals surface area contributed by atoms with Crippen LogP contribution in [-0.4, -0.2) is 77.8 Å². The number of carboxylic acid groups (broad SMARTS) is 1. The lowest BCUT2D eigenvalue weighted by Gasteiger charge is -2.28. The summed E-state index contributed by atoms with van der Waals surface area (Å²) < 4.78 is 0. The SMILES string of the molecule is CC(=O)N[C@H](C)C(=O)N1CCC[C@H]1c1ncc(-c2ccc(-c3ccc(-c4cnc([C@@H]5CCCN5C(=O)[C@H](NC(=O)O)c5ccccc5)[nH]4)cc3)cc2)[nH]1. The van der Waals surface area contributed by atoms with E-state index in [-0.39, 0.29) is 29.8 Å². The number of amides is 4. The molecule has 13 heteroatoms. The Morgan fingerprint density at radius 1 is 0.698 bits per heavy atom. The van der Waals surface area contributed by atoms with Gasteiger partial charge in [-0.15, -0.1) is 0 Å². The van der Waals surface area contributed by atoms with Gasteiger partial charge in [-0.25, -0.2) is 14.8 Å². The molecule has 2 aliphatic heterocycles. The summed E-state index contributed by atoms with van der Waals surface area (Å²) in [5, 5.41) is 14.6. The van der Waals surface area contributed by atoms with E-state index in [9.17, 15) is 24.3 Å². The Kier molecular flexibility index (Phi) is 10.1. The van der Waals surface area contributed by atoms with Gasteiger partial charge < -0.3 is 35.5 Å². The molecule has 2 fully saturated rings. The van der Waals surface area contributed by atoms with Gasteiger partial charge in [0.05, 0.1) is 35.9 Å². The number of benzene rings is 3. The maximum atomic E-state index is 13.7. The first kappa shape index (κ1) is 35.2. The Balaban J connectivity index is 1.01. The van der Waals surface area contributed by atoms with Gasteiger partial charge in [0.25, 0.3) is 5.91 Å². The molecule has 2 aromatic heterocycles. The summed E-state index contributed by atoms with van der Waals surface area (Å²) in [4.78, 5) is 69.4. The lowest BCUT2D eigenvalue weighted by molar-refractivity contribution is -0.136. The molecule has 7 rings (SSSR count). The number of rotatable bonds is 10. The number of H-pyrrole nitrogens is 2. The number of nitrogens with one attached hydrogen (secondary N) is 4. The molecule has 272 valence electrons. The molecule has 3 aromatic carbocycles. The molecular formula is C40H42N8O5. The highest BCUT2D eigenvalue weighted by atomic mass is 16.4. The second-order valence-electron chi connectivity index (χ2n) is 13.6. The zero-order valence-electron chi connectivity index (χ0n) is 29.6. The van der Waals surface area contributed by atoms with Crippen molar-refractivity contribution in [1.82, 2.24) is 40.4 Å². The highest BCUT2D eigenvalue weighted by Crippen LogP contribution is 2.35. The van der Waals surface area contributed by atoms with Gasteiger partial charge in [-0.3, -0.25) is 14.4 Å². The van der Waals surface area contributed by atoms with Crippen LogP contribution in [0, 0.1) is 0 Å². The normalized spacial score (nSPS) is 18.1. The summed E-state index contributed by atoms with van der Waals surface area (Å²) in [6.45, 7) is 4.26. The van der Waals surface area contributed by atoms with Crippen molar-refractivity contribution in [1.29, 1.82) is 0 Å². The third-order valence-electron chi connectivity index (χ3n) is 10.1. The maximum Gasteiger partial charge on any atom is 0.405 e. The van der Waals surface area contributed by atoms with E-state index >= 15 is 0 Å². The van der Waals surface area contributed by atoms with Gasteiger partial charge in [0.15, 0.2) is 0 Å². The van der Waals surface area contributed by atoms with Crippen molar-refractivity contribution in [3.63, 3.8) is 0 Å². The topological polar surface area (TPSA) is 176 Å². The van der Waals surface area contributed by atoms with Gasteiger partial charge in [-0.2, -0.15) is 0 Å². The molecule has 0 radical (unpaired) electrons. The minimum atomic E-state index is -1.26. The lowest BCUT2D eigenvalue weighted by Crippen LogP contribution is -2.46. The van der Waals surface area contributed by atoms with Crippen molar-refractivity contribution in [2.24, 2.45) is 0 Å². The van der Waals surface area contributed by atoms with Gasteiger partial charge in [0, 0.05) is 20.0 Å². The van der Waals surface area contributed by atoms with E-state index in [0.29, 0.717) is 24.5 Å². The van der Waals surface area contributed by atoms with Crippen molar-refractivity contribution >= 4 is 23.8 Å². The maximum absolute atomic E-state index is 13.7. The molecule has 2 saturated heterocycles. The van der Waals surface area contributed by atoms with E-state index < -0.39 is 18.2 Å². The van der Waals surface area contributed by atoms with Crippen LogP contribution in [0.5, 0.6) is 0 Å². The van der Waals surface area contributed by atoms with Crippen LogP contribution in [0.15, 0.2) is 91.3 Å². The standard InChI is InChI=1S/C40H42N8O5/c1-24(43-25(2)49)38(50)47-20-6-10-33(47)36-41-22-31(44-36)28-16-12-26(13-17-28)27-14-18-29(19-15-27)32-23-42-37(45-32)34-11-7-21-48(34)39(51)35(46-40(52)53)30-8-4-3-5-9-30/h3-5,8-9,12-19,22-24,33-35,46H,6-7,10-11,20-21H2,1-2H3,(H,41,44)(H,42,45)(H,43,49)(H,52,53)/t24-,33+,34+,35-/m1/s1. The van der Waals surface area contributed by atoms with Crippen LogP contribution in [0.1, 0.15) is 74.9 Å². The molecular weight excluding hydrogens is 672 g/mol. The van der Waals surface area contributed by atoms with E-state index in [1.165, 1.54) is 6.92 Å². The van der Waals surface area contributed by atoms with Crippen LogP contribution in [-0.2, 0) is 14.4 Å². The smallest absolute Gasteiger partial charge is 0.405 e. The van der Waals surface area contributed by atoms with Gasteiger partial charge in [-0.1, -0.05) is 78.9 Å². The molecule has 0 bridgehead atoms. The summed E-state index contributed by atoms with van der Waals surface area (Å²) in [6, 6.07) is 23.2. The first-order valence-electron chi connectivity index (χ1n) is 17.9. The molecule has 0 aliphatic carbocycles. The van der Waals surface area contributed by atoms with Gasteiger partial charge in [0.2, 0.25) is 11.8 Å². The van der Waals surface area contributed by atoms with Crippen LogP contribution in [0.4, 0.5) is 4.79 Å². The van der Waals surface area contributed by atoms with Crippen LogP contribution < -0.4 is 10.6 Å². The fourth-order valence-corrected chi connectivity index (χ4v) is 7.46. The van der Waals surface area contributed by atoms with Crippen molar-refractivity contribution in [2.75, 3.05) is 13.1 Å². The first-order valence-corrected chi connectivity index (χ1v) is 17.9. The number of carbonyl (C=O) groups is 4. The predicted molar refractivity (Wildman–Crippen MR) is 198 cm³/mol. The third-order valence-corrected chi connectivity index (χ3v) is 10.1. The Bertz CT molecular complexity index is 2090. The molecule has 4 amide bonds. The molecule has 0 spiro atoms. The average molecular weight is 715 g/mol. The summed E-state index contributed by atoms with van der Waals surface area (Å²) in [5.41, 5.74) is 6.30. The van der Waals surface area contributed by atoms with E-state index in [0.717, 1.165) is 65.1 Å². The number of likely N-dealkylation sites (tertiary alicyclic amines) is 2. The van der Waals surface area contributed by atoms with Crippen LogP contribution >= 0.6 is 0 Å². The van der Waals surface area contributed by atoms with Gasteiger partial charge in [-0.05, 0) is 60.4 Å². The Morgan fingerprint density at radius 2 is 1.17 bits per heavy atom. The number of aromatic nitrogens is 4. The molecule has 0 unspecified atom stereocenters. The quantitative estimate of drug-likeness (QED) is 0.118. The minimum Gasteiger partial charge on any atom is -0.465 e. The summed E-state index contributed by atoms with van der Waals surface area (Å²) in [6.07, 6.45) is 5.50. The van der Waals surface area contributed by atoms with Crippen LogP contribution in [0.3, 0.4) is 0 Å². The number of hydrogen-bond acceptors (Lipinski definition) is 6. The predicted octanol–water partition coefficient (Wildman–Crippen LogP) is 5.99. The van der Waals surface area contributed by atoms with Crippen LogP contribution in [0.2, 0.25) is 0 Å². The molecule has 2 aliphatic rings. The monoisotopic (exact) mass is 714 g/mol. The van der Waals surface area contributed by atoms with Gasteiger partial charge in [0.1, 0.15) is 23.7 Å². The van der Waals surface area contributed by atoms with Crippen molar-refractivity contribution in [3.05, 3.63) is 108 Å². The number of carbonyl (C=O) groups excluding carboxylic acids is 3. The second kappa shape index (κ2) is 15.2. The molecule has 0 saturated carbocycles. The zero-order valence-corrected chi connectivity index (χ0v) is 29.6. The fraction of sp³-hybridized carbons (Fsp3) is 0.300. The Morgan fingerprint density at radius 3 is 1.64 bits per heavy atom. The lowest BCUT2D eigenvalue weighted by atomic mass is 10.0. The zero-order chi connectivity index (χ0) is 37.1. The van der Waals surface area contributed by atoms with E-state index in [1.54, 1.807) is 53.4 Å². The van der Waals surface area contributed by atoms with E-state index in [2.05, 4.69) is 54.8 Å². The number of aromatic amines is 2. The van der Waals surface area contributed by atoms with Crippen LogP contribution in [0.25, 0.3) is 33.6 Å². The highest BCUT2D eigenvalue weighted by molar-refractivity contribution is 5.88.